The molecule has 1 heterocycles. The molecule has 0 radical (unpaired) electrons. The van der Waals surface area contributed by atoms with Crippen molar-refractivity contribution in [3.8, 4) is 0 Å². The molecule has 0 bridgehead atoms. The standard InChI is InChI=1S/C18H15F3N2O2/c1-2-23-15-7-6-14(9-12(15)10-16(23)24)22-17(25)11-4-3-5-13(8-11)18(19,20)21/h3-9H,2,10H2,1H3,(H,22,25). The van der Waals surface area contributed by atoms with E-state index >= 15 is 0 Å². The highest BCUT2D eigenvalue weighted by Gasteiger charge is 2.31. The maximum Gasteiger partial charge on any atom is 0.416 e. The predicted octanol–water partition coefficient (Wildman–Crippen LogP) is 3.87. The maximum absolute atomic E-state index is 12.7. The van der Waals surface area contributed by atoms with E-state index in [1.807, 2.05) is 6.92 Å². The van der Waals surface area contributed by atoms with Crippen molar-refractivity contribution in [2.45, 2.75) is 19.5 Å². The molecule has 4 nitrogen and oxygen atoms in total. The first-order valence-corrected chi connectivity index (χ1v) is 7.71. The molecule has 1 aliphatic heterocycles. The SMILES string of the molecule is CCN1C(=O)Cc2cc(NC(=O)c3cccc(C(F)(F)F)c3)ccc21. The van der Waals surface area contributed by atoms with E-state index in [4.69, 9.17) is 0 Å². The first kappa shape index (κ1) is 17.0. The molecule has 1 aliphatic rings. The summed E-state index contributed by atoms with van der Waals surface area (Å²) in [6.07, 6.45) is -4.26. The van der Waals surface area contributed by atoms with Crippen molar-refractivity contribution in [2.24, 2.45) is 0 Å². The smallest absolute Gasteiger partial charge is 0.322 e. The fourth-order valence-corrected chi connectivity index (χ4v) is 2.85. The second-order valence-corrected chi connectivity index (χ2v) is 5.69. The van der Waals surface area contributed by atoms with E-state index in [9.17, 15) is 22.8 Å². The lowest BCUT2D eigenvalue weighted by atomic mass is 10.1. The fraction of sp³-hybridized carbons (Fsp3) is 0.222. The van der Waals surface area contributed by atoms with E-state index in [0.29, 0.717) is 12.2 Å². The second kappa shape index (κ2) is 6.23. The third-order valence-corrected chi connectivity index (χ3v) is 4.04. The van der Waals surface area contributed by atoms with Crippen LogP contribution in [0.2, 0.25) is 0 Å². The van der Waals surface area contributed by atoms with Crippen LogP contribution in [0.5, 0.6) is 0 Å². The van der Waals surface area contributed by atoms with Crippen molar-refractivity contribution in [1.29, 1.82) is 0 Å². The average molecular weight is 348 g/mol. The third-order valence-electron chi connectivity index (χ3n) is 4.04. The highest BCUT2D eigenvalue weighted by molar-refractivity contribution is 6.06. The van der Waals surface area contributed by atoms with Crippen LogP contribution in [0.3, 0.4) is 0 Å². The molecule has 2 amide bonds. The van der Waals surface area contributed by atoms with Gasteiger partial charge in [0.2, 0.25) is 5.91 Å². The van der Waals surface area contributed by atoms with E-state index < -0.39 is 17.6 Å². The van der Waals surface area contributed by atoms with Gasteiger partial charge in [-0.15, -0.1) is 0 Å². The van der Waals surface area contributed by atoms with Gasteiger partial charge in [-0.2, -0.15) is 13.2 Å². The minimum absolute atomic E-state index is 0.0149. The highest BCUT2D eigenvalue weighted by atomic mass is 19.4. The van der Waals surface area contributed by atoms with Gasteiger partial charge in [0.05, 0.1) is 12.0 Å². The van der Waals surface area contributed by atoms with Crippen LogP contribution in [0.15, 0.2) is 42.5 Å². The van der Waals surface area contributed by atoms with Crippen molar-refractivity contribution in [3.63, 3.8) is 0 Å². The molecule has 0 fully saturated rings. The average Bonchev–Trinajstić information content (AvgIpc) is 2.88. The number of amides is 2. The summed E-state index contributed by atoms with van der Waals surface area (Å²) in [5.41, 5.74) is 1.06. The normalized spacial score (nSPS) is 13.8. The summed E-state index contributed by atoms with van der Waals surface area (Å²) in [7, 11) is 0. The zero-order valence-corrected chi connectivity index (χ0v) is 13.4. The molecule has 2 aromatic carbocycles. The second-order valence-electron chi connectivity index (χ2n) is 5.69. The van der Waals surface area contributed by atoms with E-state index in [1.54, 1.807) is 23.1 Å². The quantitative estimate of drug-likeness (QED) is 0.915. The molecule has 0 atom stereocenters. The number of benzene rings is 2. The van der Waals surface area contributed by atoms with Crippen LogP contribution < -0.4 is 10.2 Å². The summed E-state index contributed by atoms with van der Waals surface area (Å²) in [5, 5.41) is 2.58. The Kier molecular flexibility index (Phi) is 4.24. The first-order chi connectivity index (χ1) is 11.8. The van der Waals surface area contributed by atoms with Crippen molar-refractivity contribution < 1.29 is 22.8 Å². The van der Waals surface area contributed by atoms with Crippen LogP contribution >= 0.6 is 0 Å². The van der Waals surface area contributed by atoms with Gasteiger partial charge in [-0.3, -0.25) is 9.59 Å². The molecule has 7 heteroatoms. The zero-order chi connectivity index (χ0) is 18.2. The first-order valence-electron chi connectivity index (χ1n) is 7.71. The molecular weight excluding hydrogens is 333 g/mol. The van der Waals surface area contributed by atoms with Crippen molar-refractivity contribution in [1.82, 2.24) is 0 Å². The van der Waals surface area contributed by atoms with Gasteiger partial charge in [-0.25, -0.2) is 0 Å². The molecule has 0 aliphatic carbocycles. The highest BCUT2D eigenvalue weighted by Crippen LogP contribution is 2.32. The lowest BCUT2D eigenvalue weighted by molar-refractivity contribution is -0.137. The number of likely N-dealkylation sites (N-methyl/N-ethyl adjacent to an activating group) is 1. The van der Waals surface area contributed by atoms with Crippen LogP contribution in [0.1, 0.15) is 28.4 Å². The maximum atomic E-state index is 12.7. The molecule has 2 aromatic rings. The van der Waals surface area contributed by atoms with Gasteiger partial charge >= 0.3 is 6.18 Å². The molecular formula is C18H15F3N2O2. The minimum Gasteiger partial charge on any atom is -0.322 e. The Morgan fingerprint density at radius 2 is 1.96 bits per heavy atom. The van der Waals surface area contributed by atoms with E-state index in [1.165, 1.54) is 12.1 Å². The molecule has 0 unspecified atom stereocenters. The van der Waals surface area contributed by atoms with E-state index in [-0.39, 0.29) is 17.9 Å². The lowest BCUT2D eigenvalue weighted by Gasteiger charge is -2.15. The Balaban J connectivity index is 1.81. The van der Waals surface area contributed by atoms with Gasteiger partial charge in [0, 0.05) is 23.5 Å². The molecule has 0 aromatic heterocycles. The molecule has 0 spiro atoms. The van der Waals surface area contributed by atoms with Gasteiger partial charge in [-0.05, 0) is 48.9 Å². The van der Waals surface area contributed by atoms with E-state index in [2.05, 4.69) is 5.32 Å². The van der Waals surface area contributed by atoms with Crippen LogP contribution in [-0.4, -0.2) is 18.4 Å². The molecule has 3 rings (SSSR count). The number of alkyl halides is 3. The van der Waals surface area contributed by atoms with Gasteiger partial charge in [0.25, 0.3) is 5.91 Å². The molecule has 25 heavy (non-hydrogen) atoms. The largest absolute Gasteiger partial charge is 0.416 e. The van der Waals surface area contributed by atoms with Gasteiger partial charge < -0.3 is 10.2 Å². The van der Waals surface area contributed by atoms with Crippen LogP contribution in [0, 0.1) is 0 Å². The van der Waals surface area contributed by atoms with Gasteiger partial charge in [-0.1, -0.05) is 6.07 Å². The number of hydrogen-bond acceptors (Lipinski definition) is 2. The monoisotopic (exact) mass is 348 g/mol. The number of fused-ring (bicyclic) bond motifs is 1. The summed E-state index contributed by atoms with van der Waals surface area (Å²) in [6.45, 7) is 2.43. The Morgan fingerprint density at radius 3 is 2.64 bits per heavy atom. The fourth-order valence-electron chi connectivity index (χ4n) is 2.85. The number of carbonyl (C=O) groups is 2. The number of anilines is 2. The van der Waals surface area contributed by atoms with Crippen LogP contribution in [0.4, 0.5) is 24.5 Å². The Morgan fingerprint density at radius 1 is 1.20 bits per heavy atom. The zero-order valence-electron chi connectivity index (χ0n) is 13.4. The predicted molar refractivity (Wildman–Crippen MR) is 87.6 cm³/mol. The number of halogens is 3. The summed E-state index contributed by atoms with van der Waals surface area (Å²) in [4.78, 5) is 25.7. The number of hydrogen-bond donors (Lipinski definition) is 1. The van der Waals surface area contributed by atoms with Gasteiger partial charge in [0.15, 0.2) is 0 Å². The minimum atomic E-state index is -4.51. The summed E-state index contributed by atoms with van der Waals surface area (Å²) < 4.78 is 38.2. The molecule has 0 saturated heterocycles. The van der Waals surface area contributed by atoms with Gasteiger partial charge in [0.1, 0.15) is 0 Å². The number of nitrogens with one attached hydrogen (secondary N) is 1. The number of rotatable bonds is 3. The number of nitrogens with zero attached hydrogens (tertiary/aromatic N) is 1. The lowest BCUT2D eigenvalue weighted by Crippen LogP contribution is -2.25. The summed E-state index contributed by atoms with van der Waals surface area (Å²) in [5.74, 6) is -0.651. The van der Waals surface area contributed by atoms with Crippen LogP contribution in [-0.2, 0) is 17.4 Å². The molecule has 0 saturated carbocycles. The molecule has 1 N–H and O–H groups in total. The summed E-state index contributed by atoms with van der Waals surface area (Å²) in [6, 6.07) is 9.27. The Labute approximate surface area is 142 Å². The molecule has 130 valence electrons. The van der Waals surface area contributed by atoms with Crippen LogP contribution in [0.25, 0.3) is 0 Å². The topological polar surface area (TPSA) is 49.4 Å². The Hall–Kier alpha value is -2.83. The third kappa shape index (κ3) is 3.35. The number of carbonyl (C=O) groups excluding carboxylic acids is 2. The Bertz CT molecular complexity index is 846. The van der Waals surface area contributed by atoms with Crippen molar-refractivity contribution >= 4 is 23.2 Å². The van der Waals surface area contributed by atoms with E-state index in [0.717, 1.165) is 23.4 Å². The summed E-state index contributed by atoms with van der Waals surface area (Å²) >= 11 is 0. The van der Waals surface area contributed by atoms with Crippen molar-refractivity contribution in [3.05, 3.63) is 59.2 Å². The van der Waals surface area contributed by atoms with Crippen molar-refractivity contribution in [2.75, 3.05) is 16.8 Å².